The van der Waals surface area contributed by atoms with Crippen LogP contribution >= 0.6 is 0 Å². The normalized spacial score (nSPS) is 22.8. The zero-order valence-corrected chi connectivity index (χ0v) is 27.9. The van der Waals surface area contributed by atoms with Gasteiger partial charge in [0.1, 0.15) is 5.82 Å². The summed E-state index contributed by atoms with van der Waals surface area (Å²) in [5.74, 6) is 0.807. The van der Waals surface area contributed by atoms with Crippen molar-refractivity contribution < 1.29 is 14.6 Å². The summed E-state index contributed by atoms with van der Waals surface area (Å²) in [4.78, 5) is 29.0. The lowest BCUT2D eigenvalue weighted by Crippen LogP contribution is -2.65. The highest BCUT2D eigenvalue weighted by molar-refractivity contribution is 5.94. The van der Waals surface area contributed by atoms with Crippen molar-refractivity contribution in [2.75, 3.05) is 49.1 Å². The van der Waals surface area contributed by atoms with E-state index < -0.39 is 11.6 Å². The van der Waals surface area contributed by atoms with Crippen LogP contribution in [0.1, 0.15) is 48.9 Å². The van der Waals surface area contributed by atoms with Crippen LogP contribution in [-0.2, 0) is 19.4 Å². The summed E-state index contributed by atoms with van der Waals surface area (Å²) in [5.41, 5.74) is 3.40. The summed E-state index contributed by atoms with van der Waals surface area (Å²) in [5, 5.41) is 26.5. The van der Waals surface area contributed by atoms with Crippen molar-refractivity contribution in [3.8, 4) is 12.1 Å². The smallest absolute Gasteiger partial charge is 0.407 e. The average molecular weight is 658 g/mol. The molecule has 4 heterocycles. The van der Waals surface area contributed by atoms with E-state index >= 15 is 0 Å². The predicted octanol–water partition coefficient (Wildman–Crippen LogP) is 5.80. The molecule has 3 aliphatic heterocycles. The Labute approximate surface area is 287 Å². The number of benzene rings is 3. The largest absolute Gasteiger partial charge is 0.465 e. The fourth-order valence-electron chi connectivity index (χ4n) is 8.52. The molecule has 0 bridgehead atoms. The lowest BCUT2D eigenvalue weighted by molar-refractivity contribution is 0.0668. The molecule has 1 amide bonds. The van der Waals surface area contributed by atoms with E-state index in [2.05, 4.69) is 63.7 Å². The van der Waals surface area contributed by atoms with Crippen molar-refractivity contribution in [1.82, 2.24) is 20.2 Å². The topological polar surface area (TPSA) is 118 Å². The minimum absolute atomic E-state index is 0.0765. The fourth-order valence-corrected chi connectivity index (χ4v) is 8.52. The van der Waals surface area contributed by atoms with Gasteiger partial charge in [-0.3, -0.25) is 4.90 Å². The maximum atomic E-state index is 12.7. The molecule has 2 atom stereocenters. The third kappa shape index (κ3) is 6.01. The molecule has 3 aromatic carbocycles. The molecule has 2 N–H and O–H groups in total. The number of piperazine rings is 1. The summed E-state index contributed by atoms with van der Waals surface area (Å²) < 4.78 is 6.54. The minimum atomic E-state index is -0.999. The van der Waals surface area contributed by atoms with Gasteiger partial charge in [-0.15, -0.1) is 0 Å². The lowest BCUT2D eigenvalue weighted by Gasteiger charge is -2.49. The van der Waals surface area contributed by atoms with Crippen LogP contribution in [0.5, 0.6) is 6.01 Å². The first kappa shape index (κ1) is 31.4. The first-order chi connectivity index (χ1) is 24.0. The number of nitriles is 1. The van der Waals surface area contributed by atoms with E-state index in [0.717, 1.165) is 55.0 Å². The molecule has 1 aliphatic carbocycles. The molecule has 4 aliphatic rings. The molecule has 1 aromatic heterocycles. The number of carboxylic acid groups (broad SMARTS) is 1. The highest BCUT2D eigenvalue weighted by Crippen LogP contribution is 2.51. The molecule has 10 heteroatoms. The van der Waals surface area contributed by atoms with E-state index in [9.17, 15) is 15.2 Å². The molecular formula is C39H43N7O3. The molecule has 0 unspecified atom stereocenters. The second kappa shape index (κ2) is 12.9. The summed E-state index contributed by atoms with van der Waals surface area (Å²) in [6.45, 7) is 4.16. The van der Waals surface area contributed by atoms with Gasteiger partial charge >= 0.3 is 12.1 Å². The number of rotatable bonds is 9. The average Bonchev–Trinajstić information content (AvgIpc) is 3.71. The molecule has 3 fully saturated rings. The van der Waals surface area contributed by atoms with Gasteiger partial charge in [0.15, 0.2) is 0 Å². The monoisotopic (exact) mass is 657 g/mol. The number of aromatic nitrogens is 2. The van der Waals surface area contributed by atoms with Gasteiger partial charge in [0.05, 0.1) is 36.9 Å². The quantitative estimate of drug-likeness (QED) is 0.230. The Morgan fingerprint density at radius 1 is 1.00 bits per heavy atom. The number of nitrogens with one attached hydrogen (secondary N) is 1. The van der Waals surface area contributed by atoms with Crippen LogP contribution < -0.4 is 19.9 Å². The third-order valence-corrected chi connectivity index (χ3v) is 11.3. The maximum absolute atomic E-state index is 12.7. The van der Waals surface area contributed by atoms with Crippen LogP contribution in [0.2, 0.25) is 0 Å². The molecule has 1 saturated carbocycles. The van der Waals surface area contributed by atoms with Gasteiger partial charge < -0.3 is 25.0 Å². The number of fused-ring (bicyclic) bond motifs is 2. The van der Waals surface area contributed by atoms with Crippen molar-refractivity contribution in [3.63, 3.8) is 0 Å². The summed E-state index contributed by atoms with van der Waals surface area (Å²) in [7, 11) is 0. The Hall–Kier alpha value is -4.88. The van der Waals surface area contributed by atoms with Crippen molar-refractivity contribution in [3.05, 3.63) is 89.6 Å². The van der Waals surface area contributed by atoms with Gasteiger partial charge in [0.2, 0.25) is 0 Å². The third-order valence-electron chi connectivity index (χ3n) is 11.3. The second-order valence-electron chi connectivity index (χ2n) is 14.3. The highest BCUT2D eigenvalue weighted by atomic mass is 16.5. The first-order valence-electron chi connectivity index (χ1n) is 17.6. The van der Waals surface area contributed by atoms with Crippen molar-refractivity contribution in [2.45, 2.75) is 63.1 Å². The Morgan fingerprint density at radius 2 is 1.82 bits per heavy atom. The molecule has 8 rings (SSSR count). The van der Waals surface area contributed by atoms with Gasteiger partial charge in [-0.25, -0.2) is 4.79 Å². The molecule has 0 spiro atoms. The van der Waals surface area contributed by atoms with Gasteiger partial charge in [-0.1, -0.05) is 66.7 Å². The van der Waals surface area contributed by atoms with Crippen LogP contribution in [0.25, 0.3) is 10.8 Å². The Balaban J connectivity index is 1.16. The Morgan fingerprint density at radius 3 is 2.59 bits per heavy atom. The number of hydrogen-bond acceptors (Lipinski definition) is 8. The summed E-state index contributed by atoms with van der Waals surface area (Å²) >= 11 is 0. The molecule has 0 radical (unpaired) electrons. The summed E-state index contributed by atoms with van der Waals surface area (Å²) in [6.07, 6.45) is 4.92. The van der Waals surface area contributed by atoms with Crippen molar-refractivity contribution in [2.24, 2.45) is 5.41 Å². The van der Waals surface area contributed by atoms with Gasteiger partial charge in [0, 0.05) is 54.3 Å². The molecule has 49 heavy (non-hydrogen) atoms. The van der Waals surface area contributed by atoms with Crippen LogP contribution in [0.4, 0.5) is 16.3 Å². The number of carbonyl (C=O) groups is 1. The van der Waals surface area contributed by atoms with E-state index in [1.54, 1.807) is 0 Å². The van der Waals surface area contributed by atoms with E-state index in [1.807, 2.05) is 30.3 Å². The predicted molar refractivity (Wildman–Crippen MR) is 189 cm³/mol. The van der Waals surface area contributed by atoms with E-state index in [0.29, 0.717) is 44.7 Å². The maximum Gasteiger partial charge on any atom is 0.407 e. The van der Waals surface area contributed by atoms with Crippen molar-refractivity contribution >= 4 is 28.4 Å². The first-order valence-corrected chi connectivity index (χ1v) is 17.6. The van der Waals surface area contributed by atoms with E-state index in [-0.39, 0.29) is 18.4 Å². The van der Waals surface area contributed by atoms with Gasteiger partial charge in [-0.2, -0.15) is 15.2 Å². The number of amides is 1. The number of anilines is 2. The summed E-state index contributed by atoms with van der Waals surface area (Å²) in [6, 6.07) is 28.0. The second-order valence-corrected chi connectivity index (χ2v) is 14.3. The van der Waals surface area contributed by atoms with Crippen LogP contribution in [-0.4, -0.2) is 77.0 Å². The van der Waals surface area contributed by atoms with E-state index in [4.69, 9.17) is 14.7 Å². The van der Waals surface area contributed by atoms with Crippen LogP contribution in [0.3, 0.4) is 0 Å². The molecule has 252 valence electrons. The Bertz CT molecular complexity index is 1880. The van der Waals surface area contributed by atoms with Gasteiger partial charge in [-0.05, 0) is 62.1 Å². The number of nitrogens with zero attached hydrogens (tertiary/aromatic N) is 6. The van der Waals surface area contributed by atoms with Crippen LogP contribution in [0, 0.1) is 16.7 Å². The zero-order valence-electron chi connectivity index (χ0n) is 27.9. The SMILES string of the molecule is N#CC[C@@]1(Cc2ccccc2)CN(c2nc(OCC3([C@H]4CCCN4)CC3)nc3c2CCN(c2cccc4ccccc24)C3)CCN1C(=O)O. The van der Waals surface area contributed by atoms with Gasteiger partial charge in [0.25, 0.3) is 0 Å². The van der Waals surface area contributed by atoms with Crippen LogP contribution in [0.15, 0.2) is 72.8 Å². The number of hydrogen-bond donors (Lipinski definition) is 2. The minimum Gasteiger partial charge on any atom is -0.465 e. The highest BCUT2D eigenvalue weighted by Gasteiger charge is 2.51. The molecule has 10 nitrogen and oxygen atoms in total. The number of ether oxygens (including phenoxy) is 1. The molecular weight excluding hydrogens is 614 g/mol. The standard InChI is InChI=1S/C39H43N7O3/c40-19-18-39(24-28-8-2-1-3-9-28)26-45(22-23-46(39)37(47)48)35-31-15-21-44(33-13-6-11-29-10-4-5-12-30(29)33)25-32(31)42-36(43-35)49-27-38(16-17-38)34-14-7-20-41-34/h1-6,8-13,34,41H,7,14-18,20-27H2,(H,47,48)/t34-,39-/m1/s1. The lowest BCUT2D eigenvalue weighted by atomic mass is 9.83. The van der Waals surface area contributed by atoms with Crippen molar-refractivity contribution in [1.29, 1.82) is 5.26 Å². The molecule has 2 saturated heterocycles. The molecule has 4 aromatic rings. The fraction of sp³-hybridized carbons (Fsp3) is 0.436. The van der Waals surface area contributed by atoms with E-state index in [1.165, 1.54) is 34.2 Å². The zero-order chi connectivity index (χ0) is 33.4. The Kier molecular flexibility index (Phi) is 8.24.